The average molecular weight is 411 g/mol. The summed E-state index contributed by atoms with van der Waals surface area (Å²) >= 11 is 0. The molecule has 0 radical (unpaired) electrons. The molecule has 1 unspecified atom stereocenters. The van der Waals surface area contributed by atoms with Crippen molar-refractivity contribution in [1.82, 2.24) is 9.13 Å². The van der Waals surface area contributed by atoms with E-state index in [2.05, 4.69) is 68.9 Å². The van der Waals surface area contributed by atoms with Gasteiger partial charge in [-0.1, -0.05) is 53.7 Å². The number of hydrogen-bond acceptors (Lipinski definition) is 4. The summed E-state index contributed by atoms with van der Waals surface area (Å²) in [6.45, 7) is 2.03. The third-order valence-corrected chi connectivity index (χ3v) is 7.32. The second kappa shape index (κ2) is 5.72. The summed E-state index contributed by atoms with van der Waals surface area (Å²) in [7, 11) is 1.64. The fourth-order valence-electron chi connectivity index (χ4n) is 6.18. The molecule has 3 aromatic carbocycles. The van der Waals surface area contributed by atoms with Crippen molar-refractivity contribution in [3.05, 3.63) is 65.6 Å². The summed E-state index contributed by atoms with van der Waals surface area (Å²) in [6.07, 6.45) is -0.331. The van der Waals surface area contributed by atoms with Crippen LogP contribution in [0.4, 0.5) is 0 Å². The fraction of sp³-hybridized carbons (Fsp3) is 0.280. The van der Waals surface area contributed by atoms with Crippen LogP contribution in [-0.4, -0.2) is 28.4 Å². The first-order valence-electron chi connectivity index (χ1n) is 10.7. The van der Waals surface area contributed by atoms with Crippen molar-refractivity contribution in [2.75, 3.05) is 7.11 Å². The van der Waals surface area contributed by atoms with Crippen molar-refractivity contribution in [2.45, 2.75) is 37.4 Å². The predicted molar refractivity (Wildman–Crippen MR) is 121 cm³/mol. The molecule has 0 saturated carbocycles. The van der Waals surface area contributed by atoms with E-state index in [9.17, 15) is 4.91 Å². The lowest BCUT2D eigenvalue weighted by Gasteiger charge is -2.46. The van der Waals surface area contributed by atoms with Crippen molar-refractivity contribution in [3.8, 4) is 0 Å². The van der Waals surface area contributed by atoms with Crippen molar-refractivity contribution in [2.24, 2.45) is 5.18 Å². The summed E-state index contributed by atoms with van der Waals surface area (Å²) in [6, 6.07) is 20.7. The fourth-order valence-corrected chi connectivity index (χ4v) is 6.18. The van der Waals surface area contributed by atoms with Gasteiger partial charge in [0.2, 0.25) is 0 Å². The molecule has 6 heteroatoms. The SMILES string of the molecule is CO[C@@H]1C(N=O)C[C@H]2O[C@]1(C)n1c3ccccc3c3ccc4c5ccccc5n2c4c31. The molecule has 4 atom stereocenters. The Morgan fingerprint density at radius 3 is 2.29 bits per heavy atom. The number of para-hydroxylation sites is 2. The number of nitroso groups, excluding NO2 is 1. The van der Waals surface area contributed by atoms with Crippen LogP contribution in [0.1, 0.15) is 19.6 Å². The molecule has 4 heterocycles. The molecule has 5 aromatic rings. The van der Waals surface area contributed by atoms with Crippen LogP contribution < -0.4 is 0 Å². The third-order valence-electron chi connectivity index (χ3n) is 7.32. The van der Waals surface area contributed by atoms with Gasteiger partial charge in [-0.2, -0.15) is 4.91 Å². The first-order valence-corrected chi connectivity index (χ1v) is 10.7. The number of methoxy groups -OCH3 is 1. The van der Waals surface area contributed by atoms with E-state index < -0.39 is 17.9 Å². The van der Waals surface area contributed by atoms with E-state index in [0.717, 1.165) is 27.5 Å². The van der Waals surface area contributed by atoms with Crippen LogP contribution in [-0.2, 0) is 15.2 Å². The summed E-state index contributed by atoms with van der Waals surface area (Å²) in [5.74, 6) is 0. The van der Waals surface area contributed by atoms with E-state index in [1.165, 1.54) is 16.2 Å². The molecule has 2 bridgehead atoms. The van der Waals surface area contributed by atoms with Gasteiger partial charge in [-0.25, -0.2) is 0 Å². The molecule has 1 saturated heterocycles. The third kappa shape index (κ3) is 1.91. The number of nitrogens with zero attached hydrogens (tertiary/aromatic N) is 3. The molecular weight excluding hydrogens is 390 g/mol. The van der Waals surface area contributed by atoms with Crippen molar-refractivity contribution >= 4 is 43.6 Å². The number of aromatic nitrogens is 2. The molecule has 7 rings (SSSR count). The van der Waals surface area contributed by atoms with Gasteiger partial charge in [-0.3, -0.25) is 0 Å². The Morgan fingerprint density at radius 1 is 0.935 bits per heavy atom. The highest BCUT2D eigenvalue weighted by Crippen LogP contribution is 2.51. The Labute approximate surface area is 177 Å². The van der Waals surface area contributed by atoms with Crippen LogP contribution in [0, 0.1) is 4.91 Å². The normalized spacial score (nSPS) is 27.5. The van der Waals surface area contributed by atoms with Crippen LogP contribution in [0.3, 0.4) is 0 Å². The molecule has 2 aliphatic heterocycles. The molecule has 0 amide bonds. The number of rotatable bonds is 2. The van der Waals surface area contributed by atoms with Crippen LogP contribution >= 0.6 is 0 Å². The second-order valence-electron chi connectivity index (χ2n) is 8.79. The minimum absolute atomic E-state index is 0.314. The average Bonchev–Trinajstić information content (AvgIpc) is 3.29. The lowest BCUT2D eigenvalue weighted by molar-refractivity contribution is -0.252. The maximum Gasteiger partial charge on any atom is 0.173 e. The van der Waals surface area contributed by atoms with Gasteiger partial charge in [0.05, 0.1) is 22.1 Å². The summed E-state index contributed by atoms with van der Waals surface area (Å²) in [5, 5.41) is 8.22. The molecule has 6 nitrogen and oxygen atoms in total. The predicted octanol–water partition coefficient (Wildman–Crippen LogP) is 5.66. The van der Waals surface area contributed by atoms with Gasteiger partial charge in [0.1, 0.15) is 18.4 Å². The molecule has 0 aliphatic carbocycles. The lowest BCUT2D eigenvalue weighted by atomic mass is 9.93. The largest absolute Gasteiger partial charge is 0.374 e. The highest BCUT2D eigenvalue weighted by atomic mass is 16.6. The van der Waals surface area contributed by atoms with Crippen LogP contribution in [0.5, 0.6) is 0 Å². The van der Waals surface area contributed by atoms with Crippen LogP contribution in [0.25, 0.3) is 43.6 Å². The molecule has 2 aromatic heterocycles. The van der Waals surface area contributed by atoms with Gasteiger partial charge in [0.15, 0.2) is 5.72 Å². The second-order valence-corrected chi connectivity index (χ2v) is 8.79. The zero-order chi connectivity index (χ0) is 20.9. The van der Waals surface area contributed by atoms with Gasteiger partial charge >= 0.3 is 0 Å². The van der Waals surface area contributed by atoms with E-state index in [1.807, 2.05) is 13.0 Å². The number of fused-ring (bicyclic) bond motifs is 10. The van der Waals surface area contributed by atoms with Crippen molar-refractivity contribution in [3.63, 3.8) is 0 Å². The van der Waals surface area contributed by atoms with Gasteiger partial charge in [-0.05, 0) is 19.1 Å². The monoisotopic (exact) mass is 411 g/mol. The topological polar surface area (TPSA) is 57.8 Å². The van der Waals surface area contributed by atoms with Gasteiger partial charge in [-0.15, -0.1) is 0 Å². The molecule has 0 spiro atoms. The summed E-state index contributed by atoms with van der Waals surface area (Å²) < 4.78 is 17.3. The minimum Gasteiger partial charge on any atom is -0.374 e. The van der Waals surface area contributed by atoms with Gasteiger partial charge in [0, 0.05) is 35.1 Å². The number of benzene rings is 3. The van der Waals surface area contributed by atoms with E-state index in [-0.39, 0.29) is 6.23 Å². The molecule has 154 valence electrons. The molecule has 0 N–H and O–H groups in total. The van der Waals surface area contributed by atoms with E-state index >= 15 is 0 Å². The van der Waals surface area contributed by atoms with E-state index in [0.29, 0.717) is 6.42 Å². The van der Waals surface area contributed by atoms with Gasteiger partial charge in [0.25, 0.3) is 0 Å². The Morgan fingerprint density at radius 2 is 1.58 bits per heavy atom. The highest BCUT2D eigenvalue weighted by molar-refractivity contribution is 6.22. The number of hydrogen-bond donors (Lipinski definition) is 0. The lowest BCUT2D eigenvalue weighted by Crippen LogP contribution is -2.55. The Balaban J connectivity index is 1.79. The molecular formula is C25H21N3O3. The molecule has 2 aliphatic rings. The zero-order valence-corrected chi connectivity index (χ0v) is 17.3. The maximum absolute atomic E-state index is 12.0. The highest BCUT2D eigenvalue weighted by Gasteiger charge is 2.53. The van der Waals surface area contributed by atoms with Crippen molar-refractivity contribution in [1.29, 1.82) is 0 Å². The maximum atomic E-state index is 12.0. The Bertz CT molecular complexity index is 1550. The Kier molecular flexibility index (Phi) is 3.22. The molecule has 31 heavy (non-hydrogen) atoms. The minimum atomic E-state index is -0.883. The van der Waals surface area contributed by atoms with Gasteiger partial charge < -0.3 is 18.6 Å². The molecule has 1 fully saturated rings. The first kappa shape index (κ1) is 17.5. The zero-order valence-electron chi connectivity index (χ0n) is 17.3. The smallest absolute Gasteiger partial charge is 0.173 e. The quantitative estimate of drug-likeness (QED) is 0.352. The van der Waals surface area contributed by atoms with Crippen molar-refractivity contribution < 1.29 is 9.47 Å². The first-order chi connectivity index (χ1) is 15.2. The Hall–Kier alpha value is -3.22. The van der Waals surface area contributed by atoms with Crippen LogP contribution in [0.15, 0.2) is 65.8 Å². The summed E-state index contributed by atoms with van der Waals surface area (Å²) in [5.41, 5.74) is 3.56. The summed E-state index contributed by atoms with van der Waals surface area (Å²) in [4.78, 5) is 12.0. The van der Waals surface area contributed by atoms with E-state index in [4.69, 9.17) is 9.47 Å². The standard InChI is InChI=1S/C25H21N3O3/c1-25-24(30-2)18(26-29)13-21(31-25)27-19-9-5-3-7-14(19)16-11-12-17-15-8-4-6-10-20(15)28(25)23(17)22(16)27/h3-12,18,21,24H,13H2,1-2H3/t18?,21-,24-,25+/m1/s1. The number of ether oxygens (including phenoxy) is 2. The van der Waals surface area contributed by atoms with E-state index in [1.54, 1.807) is 7.11 Å². The van der Waals surface area contributed by atoms with Crippen LogP contribution in [0.2, 0.25) is 0 Å².